The predicted molar refractivity (Wildman–Crippen MR) is 120 cm³/mol. The number of benzene rings is 1. The van der Waals surface area contributed by atoms with Gasteiger partial charge >= 0.3 is 0 Å². The van der Waals surface area contributed by atoms with Crippen molar-refractivity contribution in [2.24, 2.45) is 0 Å². The largest absolute Gasteiger partial charge is 0.314 e. The van der Waals surface area contributed by atoms with E-state index in [-0.39, 0.29) is 0 Å². The summed E-state index contributed by atoms with van der Waals surface area (Å²) in [6.45, 7) is 22.2. The van der Waals surface area contributed by atoms with Crippen LogP contribution in [0.15, 0.2) is 29.2 Å². The van der Waals surface area contributed by atoms with Gasteiger partial charge < -0.3 is 4.18 Å². The third-order valence-corrected chi connectivity index (χ3v) is 3.70. The van der Waals surface area contributed by atoms with E-state index in [0.29, 0.717) is 0 Å². The van der Waals surface area contributed by atoms with Gasteiger partial charge in [-0.1, -0.05) is 67.5 Å². The molecule has 0 aliphatic rings. The van der Waals surface area contributed by atoms with Crippen molar-refractivity contribution in [3.05, 3.63) is 41.1 Å². The summed E-state index contributed by atoms with van der Waals surface area (Å²) in [7, 11) is 1.66. The SMILES string of the molecule is CC.CC.CC.CC.COSc1ccc(-c2nnc(C)c(C)c2C)cc1. The molecular weight excluding hydrogens is 340 g/mol. The van der Waals surface area contributed by atoms with Crippen molar-refractivity contribution in [1.29, 1.82) is 0 Å². The van der Waals surface area contributed by atoms with Crippen LogP contribution in [-0.4, -0.2) is 17.3 Å². The number of hydrogen-bond donors (Lipinski definition) is 0. The summed E-state index contributed by atoms with van der Waals surface area (Å²) in [5, 5.41) is 8.49. The predicted octanol–water partition coefficient (Wildman–Crippen LogP) is 7.83. The van der Waals surface area contributed by atoms with Crippen molar-refractivity contribution < 1.29 is 4.18 Å². The molecule has 150 valence electrons. The van der Waals surface area contributed by atoms with E-state index < -0.39 is 0 Å². The molecule has 4 heteroatoms. The zero-order valence-corrected chi connectivity index (χ0v) is 19.8. The van der Waals surface area contributed by atoms with E-state index in [9.17, 15) is 0 Å². The minimum atomic E-state index is 0.951. The summed E-state index contributed by atoms with van der Waals surface area (Å²) in [5.74, 6) is 0. The van der Waals surface area contributed by atoms with Crippen LogP contribution >= 0.6 is 12.0 Å². The molecular formula is C22H40N2OS. The lowest BCUT2D eigenvalue weighted by atomic mass is 10.0. The molecule has 0 fully saturated rings. The Bertz CT molecular complexity index is 555. The normalized spacial score (nSPS) is 8.31. The molecule has 0 spiro atoms. The Morgan fingerprint density at radius 1 is 0.692 bits per heavy atom. The van der Waals surface area contributed by atoms with Crippen LogP contribution in [0.2, 0.25) is 0 Å². The van der Waals surface area contributed by atoms with Crippen molar-refractivity contribution in [3.63, 3.8) is 0 Å². The molecule has 0 amide bonds. The Kier molecular flexibility index (Phi) is 22.5. The van der Waals surface area contributed by atoms with E-state index in [2.05, 4.69) is 24.0 Å². The quantitative estimate of drug-likeness (QED) is 0.508. The Morgan fingerprint density at radius 3 is 1.58 bits per heavy atom. The van der Waals surface area contributed by atoms with Gasteiger partial charge in [0, 0.05) is 22.5 Å². The van der Waals surface area contributed by atoms with Crippen LogP contribution in [0.3, 0.4) is 0 Å². The maximum atomic E-state index is 5.02. The van der Waals surface area contributed by atoms with Gasteiger partial charge in [-0.3, -0.25) is 0 Å². The zero-order chi connectivity index (χ0) is 21.1. The molecule has 3 nitrogen and oxygen atoms in total. The number of nitrogens with zero attached hydrogens (tertiary/aromatic N) is 2. The summed E-state index contributed by atoms with van der Waals surface area (Å²) in [4.78, 5) is 1.08. The summed E-state index contributed by atoms with van der Waals surface area (Å²) in [6.07, 6.45) is 0. The van der Waals surface area contributed by atoms with Gasteiger partial charge in [-0.2, -0.15) is 5.10 Å². The highest BCUT2D eigenvalue weighted by molar-refractivity contribution is 7.94. The molecule has 0 N–H and O–H groups in total. The van der Waals surface area contributed by atoms with Gasteiger partial charge in [0.15, 0.2) is 0 Å². The Labute approximate surface area is 167 Å². The Balaban J connectivity index is -0.000000585. The first-order valence-corrected chi connectivity index (χ1v) is 10.5. The first-order chi connectivity index (χ1) is 12.6. The van der Waals surface area contributed by atoms with Crippen LogP contribution in [0.1, 0.15) is 72.2 Å². The zero-order valence-electron chi connectivity index (χ0n) is 19.0. The molecule has 0 radical (unpaired) electrons. The average Bonchev–Trinajstić information content (AvgIpc) is 2.73. The van der Waals surface area contributed by atoms with Crippen molar-refractivity contribution in [2.75, 3.05) is 7.11 Å². The second kappa shape index (κ2) is 19.9. The maximum Gasteiger partial charge on any atom is 0.0961 e. The lowest BCUT2D eigenvalue weighted by molar-refractivity contribution is 0.490. The van der Waals surface area contributed by atoms with Gasteiger partial charge in [0.1, 0.15) is 0 Å². The smallest absolute Gasteiger partial charge is 0.0961 e. The lowest BCUT2D eigenvalue weighted by Gasteiger charge is -2.09. The second-order valence-electron chi connectivity index (χ2n) is 4.16. The van der Waals surface area contributed by atoms with Gasteiger partial charge in [-0.25, -0.2) is 0 Å². The standard InChI is InChI=1S/C14H16N2OS.4C2H6/c1-9-10(2)14(16-15-11(9)3)12-5-7-13(8-6-12)18-17-4;4*1-2/h5-8H,1-4H3;4*1-2H3. The van der Waals surface area contributed by atoms with Crippen LogP contribution in [-0.2, 0) is 4.18 Å². The highest BCUT2D eigenvalue weighted by Crippen LogP contribution is 2.26. The fraction of sp³-hybridized carbons (Fsp3) is 0.545. The molecule has 0 bridgehead atoms. The number of hydrogen-bond acceptors (Lipinski definition) is 4. The van der Waals surface area contributed by atoms with E-state index in [1.807, 2.05) is 86.6 Å². The van der Waals surface area contributed by atoms with E-state index in [4.69, 9.17) is 4.18 Å². The van der Waals surface area contributed by atoms with Gasteiger partial charge in [-0.05, 0) is 44.0 Å². The fourth-order valence-corrected chi connectivity index (χ4v) is 2.20. The van der Waals surface area contributed by atoms with E-state index in [0.717, 1.165) is 21.8 Å². The fourth-order valence-electron chi connectivity index (χ4n) is 1.76. The molecule has 1 aromatic heterocycles. The lowest BCUT2D eigenvalue weighted by Crippen LogP contribution is -1.98. The number of aryl methyl sites for hydroxylation is 1. The van der Waals surface area contributed by atoms with E-state index in [1.165, 1.54) is 23.2 Å². The summed E-state index contributed by atoms with van der Waals surface area (Å²) >= 11 is 1.35. The third kappa shape index (κ3) is 9.93. The Hall–Kier alpha value is -1.39. The van der Waals surface area contributed by atoms with Gasteiger partial charge in [-0.15, -0.1) is 5.10 Å². The van der Waals surface area contributed by atoms with Crippen LogP contribution < -0.4 is 0 Å². The van der Waals surface area contributed by atoms with Crippen molar-refractivity contribution >= 4 is 12.0 Å². The number of rotatable bonds is 3. The summed E-state index contributed by atoms with van der Waals surface area (Å²) in [6, 6.07) is 8.15. The van der Waals surface area contributed by atoms with Gasteiger partial charge in [0.25, 0.3) is 0 Å². The first kappa shape index (κ1) is 29.4. The molecule has 0 saturated carbocycles. The average molecular weight is 381 g/mol. The molecule has 1 heterocycles. The summed E-state index contributed by atoms with van der Waals surface area (Å²) < 4.78 is 5.02. The van der Waals surface area contributed by atoms with Crippen LogP contribution in [0.4, 0.5) is 0 Å². The van der Waals surface area contributed by atoms with E-state index >= 15 is 0 Å². The number of aromatic nitrogens is 2. The molecule has 0 atom stereocenters. The van der Waals surface area contributed by atoms with Crippen molar-refractivity contribution in [2.45, 2.75) is 81.1 Å². The molecule has 2 rings (SSSR count). The maximum absolute atomic E-state index is 5.02. The van der Waals surface area contributed by atoms with Gasteiger partial charge in [0.2, 0.25) is 0 Å². The molecule has 1 aromatic carbocycles. The molecule has 0 unspecified atom stereocenters. The minimum absolute atomic E-state index is 0.951. The monoisotopic (exact) mass is 380 g/mol. The molecule has 0 aliphatic carbocycles. The molecule has 26 heavy (non-hydrogen) atoms. The summed E-state index contributed by atoms with van der Waals surface area (Å²) in [5.41, 5.74) is 5.42. The van der Waals surface area contributed by atoms with Crippen LogP contribution in [0, 0.1) is 20.8 Å². The van der Waals surface area contributed by atoms with Gasteiger partial charge in [0.05, 0.1) is 18.5 Å². The highest BCUT2D eigenvalue weighted by atomic mass is 32.2. The van der Waals surface area contributed by atoms with Crippen molar-refractivity contribution in [3.8, 4) is 11.3 Å². The van der Waals surface area contributed by atoms with Crippen LogP contribution in [0.25, 0.3) is 11.3 Å². The molecule has 0 saturated heterocycles. The topological polar surface area (TPSA) is 35.0 Å². The Morgan fingerprint density at radius 2 is 1.15 bits per heavy atom. The van der Waals surface area contributed by atoms with Crippen LogP contribution in [0.5, 0.6) is 0 Å². The second-order valence-corrected chi connectivity index (χ2v) is 5.13. The third-order valence-electron chi connectivity index (χ3n) is 3.07. The first-order valence-electron chi connectivity index (χ1n) is 9.75. The van der Waals surface area contributed by atoms with Crippen molar-refractivity contribution in [1.82, 2.24) is 10.2 Å². The highest BCUT2D eigenvalue weighted by Gasteiger charge is 2.09. The molecule has 2 aromatic rings. The minimum Gasteiger partial charge on any atom is -0.314 e. The van der Waals surface area contributed by atoms with E-state index in [1.54, 1.807) is 7.11 Å². The molecule has 0 aliphatic heterocycles.